The highest BCUT2D eigenvalue weighted by Gasteiger charge is 2.34. The molecule has 0 saturated carbocycles. The molecule has 1 saturated heterocycles. The molecule has 1 fully saturated rings. The van der Waals surface area contributed by atoms with E-state index >= 15 is 0 Å². The Kier molecular flexibility index (Phi) is 3.40. The van der Waals surface area contributed by atoms with Crippen LogP contribution in [0.25, 0.3) is 5.65 Å². The van der Waals surface area contributed by atoms with Crippen LogP contribution in [0.5, 0.6) is 0 Å². The van der Waals surface area contributed by atoms with E-state index in [1.54, 1.807) is 0 Å². The molecule has 24 heavy (non-hydrogen) atoms. The molecule has 3 aromatic rings. The molecule has 0 spiro atoms. The third kappa shape index (κ3) is 2.29. The summed E-state index contributed by atoms with van der Waals surface area (Å²) in [4.78, 5) is 24.1. The molecule has 0 N–H and O–H groups in total. The molecule has 4 heterocycles. The van der Waals surface area contributed by atoms with Gasteiger partial charge < -0.3 is 13.9 Å². The predicted octanol–water partition coefficient (Wildman–Crippen LogP) is 2.66. The Hall–Kier alpha value is -2.63. The maximum Gasteiger partial charge on any atom is 0.274 e. The number of rotatable bonds is 2. The lowest BCUT2D eigenvalue weighted by Gasteiger charge is -2.23. The number of aromatic nitrogens is 4. The first-order valence-corrected chi connectivity index (χ1v) is 8.30. The number of carbonyl (C=O) groups is 1. The molecule has 0 unspecified atom stereocenters. The molecule has 3 aromatic heterocycles. The summed E-state index contributed by atoms with van der Waals surface area (Å²) in [6.07, 6.45) is 5.79. The number of hydrogen-bond donors (Lipinski definition) is 0. The summed E-state index contributed by atoms with van der Waals surface area (Å²) < 4.78 is 3.99. The van der Waals surface area contributed by atoms with E-state index in [9.17, 15) is 4.79 Å². The molecule has 0 aliphatic carbocycles. The fourth-order valence-electron chi connectivity index (χ4n) is 3.62. The first-order valence-electron chi connectivity index (χ1n) is 8.30. The fraction of sp³-hybridized carbons (Fsp3) is 0.389. The lowest BCUT2D eigenvalue weighted by atomic mass is 10.2. The quantitative estimate of drug-likeness (QED) is 0.728. The minimum absolute atomic E-state index is 0.0127. The topological polar surface area (TPSA) is 55.4 Å². The van der Waals surface area contributed by atoms with Crippen LogP contribution < -0.4 is 0 Å². The van der Waals surface area contributed by atoms with Crippen molar-refractivity contribution in [1.29, 1.82) is 0 Å². The van der Waals surface area contributed by atoms with E-state index in [0.717, 1.165) is 42.2 Å². The lowest BCUT2D eigenvalue weighted by Crippen LogP contribution is -2.32. The van der Waals surface area contributed by atoms with E-state index in [-0.39, 0.29) is 11.9 Å². The van der Waals surface area contributed by atoms with Crippen LogP contribution in [0.1, 0.15) is 46.6 Å². The molecule has 0 radical (unpaired) electrons. The van der Waals surface area contributed by atoms with Crippen molar-refractivity contribution in [2.45, 2.75) is 32.7 Å². The summed E-state index contributed by atoms with van der Waals surface area (Å²) in [6, 6.07) is 5.93. The molecular formula is C18H21N5O. The smallest absolute Gasteiger partial charge is 0.274 e. The van der Waals surface area contributed by atoms with Crippen molar-refractivity contribution >= 4 is 11.6 Å². The Morgan fingerprint density at radius 3 is 2.75 bits per heavy atom. The van der Waals surface area contributed by atoms with Gasteiger partial charge in [0.15, 0.2) is 0 Å². The van der Waals surface area contributed by atoms with Gasteiger partial charge in [-0.1, -0.05) is 6.07 Å². The van der Waals surface area contributed by atoms with Gasteiger partial charge in [-0.15, -0.1) is 0 Å². The van der Waals surface area contributed by atoms with Crippen LogP contribution in [-0.2, 0) is 7.05 Å². The van der Waals surface area contributed by atoms with Crippen LogP contribution >= 0.6 is 0 Å². The number of aryl methyl sites for hydroxylation is 3. The van der Waals surface area contributed by atoms with Gasteiger partial charge in [-0.3, -0.25) is 4.79 Å². The second-order valence-electron chi connectivity index (χ2n) is 6.53. The Morgan fingerprint density at radius 2 is 2.04 bits per heavy atom. The van der Waals surface area contributed by atoms with Crippen LogP contribution in [0, 0.1) is 13.8 Å². The number of carbonyl (C=O) groups excluding carboxylic acids is 1. The molecule has 4 rings (SSSR count). The Bertz CT molecular complexity index is 923. The van der Waals surface area contributed by atoms with Crippen molar-refractivity contribution in [2.75, 3.05) is 6.54 Å². The monoisotopic (exact) mass is 323 g/mol. The van der Waals surface area contributed by atoms with Crippen molar-refractivity contribution in [3.05, 3.63) is 53.5 Å². The van der Waals surface area contributed by atoms with Gasteiger partial charge in [0.2, 0.25) is 0 Å². The summed E-state index contributed by atoms with van der Waals surface area (Å²) in [5.74, 6) is 0.944. The van der Waals surface area contributed by atoms with E-state index in [1.165, 1.54) is 0 Å². The zero-order valence-corrected chi connectivity index (χ0v) is 14.2. The van der Waals surface area contributed by atoms with E-state index < -0.39 is 0 Å². The predicted molar refractivity (Wildman–Crippen MR) is 90.9 cm³/mol. The normalized spacial score (nSPS) is 17.8. The van der Waals surface area contributed by atoms with Crippen LogP contribution in [0.15, 0.2) is 30.6 Å². The third-order valence-electron chi connectivity index (χ3n) is 4.76. The Morgan fingerprint density at radius 1 is 1.21 bits per heavy atom. The van der Waals surface area contributed by atoms with E-state index in [0.29, 0.717) is 5.69 Å². The summed E-state index contributed by atoms with van der Waals surface area (Å²) >= 11 is 0. The van der Waals surface area contributed by atoms with Gasteiger partial charge in [0.25, 0.3) is 5.91 Å². The van der Waals surface area contributed by atoms with Crippen LogP contribution in [-0.4, -0.2) is 36.3 Å². The van der Waals surface area contributed by atoms with E-state index in [1.807, 2.05) is 65.4 Å². The molecule has 0 bridgehead atoms. The van der Waals surface area contributed by atoms with Gasteiger partial charge in [0, 0.05) is 31.7 Å². The fourth-order valence-corrected chi connectivity index (χ4v) is 3.62. The molecule has 124 valence electrons. The van der Waals surface area contributed by atoms with Gasteiger partial charge in [-0.25, -0.2) is 9.97 Å². The van der Waals surface area contributed by atoms with Crippen molar-refractivity contribution in [3.8, 4) is 0 Å². The number of likely N-dealkylation sites (tertiary alicyclic amines) is 1. The molecule has 6 nitrogen and oxygen atoms in total. The maximum absolute atomic E-state index is 13.0. The number of nitrogens with zero attached hydrogens (tertiary/aromatic N) is 5. The van der Waals surface area contributed by atoms with Crippen LogP contribution in [0.3, 0.4) is 0 Å². The minimum atomic E-state index is -0.0127. The number of amides is 1. The van der Waals surface area contributed by atoms with Gasteiger partial charge in [-0.2, -0.15) is 0 Å². The summed E-state index contributed by atoms with van der Waals surface area (Å²) in [6.45, 7) is 4.75. The summed E-state index contributed by atoms with van der Waals surface area (Å²) in [7, 11) is 1.99. The zero-order chi connectivity index (χ0) is 16.8. The first-order chi connectivity index (χ1) is 11.5. The van der Waals surface area contributed by atoms with Gasteiger partial charge in [-0.05, 0) is 38.8 Å². The number of imidazole rings is 2. The number of hydrogen-bond acceptors (Lipinski definition) is 3. The third-order valence-corrected chi connectivity index (χ3v) is 4.76. The zero-order valence-electron chi connectivity index (χ0n) is 14.2. The number of pyridine rings is 1. The number of fused-ring (bicyclic) bond motifs is 1. The van der Waals surface area contributed by atoms with E-state index in [4.69, 9.17) is 0 Å². The van der Waals surface area contributed by atoms with Crippen molar-refractivity contribution in [3.63, 3.8) is 0 Å². The SMILES string of the molecule is Cc1cn(C)c([C@@H]2CCCN2C(=O)c2cn3c(C)cccc3n2)n1. The minimum Gasteiger partial charge on any atom is -0.336 e. The van der Waals surface area contributed by atoms with Crippen molar-refractivity contribution in [2.24, 2.45) is 7.05 Å². The van der Waals surface area contributed by atoms with Gasteiger partial charge in [0.05, 0.1) is 11.7 Å². The Labute approximate surface area is 140 Å². The standard InChI is InChI=1S/C18H21N5O/c1-12-10-21(3)17(19-12)15-7-5-9-22(15)18(24)14-11-23-13(2)6-4-8-16(23)20-14/h4,6,8,10-11,15H,5,7,9H2,1-3H3/t15-/m0/s1. The highest BCUT2D eigenvalue weighted by molar-refractivity contribution is 5.93. The van der Waals surface area contributed by atoms with Gasteiger partial charge in [0.1, 0.15) is 17.2 Å². The first kappa shape index (κ1) is 14.9. The largest absolute Gasteiger partial charge is 0.336 e. The Balaban J connectivity index is 1.69. The lowest BCUT2D eigenvalue weighted by molar-refractivity contribution is 0.0723. The molecule has 1 atom stereocenters. The maximum atomic E-state index is 13.0. The molecule has 6 heteroatoms. The second kappa shape index (κ2) is 5.47. The molecule has 1 aliphatic rings. The average Bonchev–Trinajstić information content (AvgIpc) is 3.24. The molecule has 1 amide bonds. The summed E-state index contributed by atoms with van der Waals surface area (Å²) in [5.41, 5.74) is 3.36. The van der Waals surface area contributed by atoms with Crippen molar-refractivity contribution < 1.29 is 4.79 Å². The highest BCUT2D eigenvalue weighted by atomic mass is 16.2. The van der Waals surface area contributed by atoms with Crippen LogP contribution in [0.2, 0.25) is 0 Å². The van der Waals surface area contributed by atoms with Gasteiger partial charge >= 0.3 is 0 Å². The van der Waals surface area contributed by atoms with Crippen LogP contribution in [0.4, 0.5) is 0 Å². The highest BCUT2D eigenvalue weighted by Crippen LogP contribution is 2.32. The van der Waals surface area contributed by atoms with Crippen molar-refractivity contribution in [1.82, 2.24) is 23.8 Å². The summed E-state index contributed by atoms with van der Waals surface area (Å²) in [5, 5.41) is 0. The molecule has 1 aliphatic heterocycles. The molecular weight excluding hydrogens is 302 g/mol. The average molecular weight is 323 g/mol. The molecule has 0 aromatic carbocycles. The van der Waals surface area contributed by atoms with E-state index in [2.05, 4.69) is 9.97 Å². The second-order valence-corrected chi connectivity index (χ2v) is 6.53.